The Balaban J connectivity index is 1.62. The normalized spacial score (nSPS) is 15.6. The molecule has 0 aliphatic carbocycles. The molecule has 2 heterocycles. The van der Waals surface area contributed by atoms with E-state index in [0.717, 1.165) is 17.8 Å². The average Bonchev–Trinajstić information content (AvgIpc) is 3.03. The number of aromatic nitrogens is 2. The summed E-state index contributed by atoms with van der Waals surface area (Å²) in [7, 11) is 0. The minimum atomic E-state index is -0.0972. The maximum atomic E-state index is 13.2. The maximum absolute atomic E-state index is 13.2. The van der Waals surface area contributed by atoms with Gasteiger partial charge < -0.3 is 10.2 Å². The minimum Gasteiger partial charge on any atom is -0.324 e. The second-order valence-corrected chi connectivity index (χ2v) is 7.49. The fourth-order valence-electron chi connectivity index (χ4n) is 3.77. The van der Waals surface area contributed by atoms with Gasteiger partial charge in [0.1, 0.15) is 5.69 Å². The predicted octanol–water partition coefficient (Wildman–Crippen LogP) is 4.94. The zero-order valence-electron chi connectivity index (χ0n) is 16.4. The second kappa shape index (κ2) is 7.43. The van der Waals surface area contributed by atoms with Crippen molar-refractivity contribution in [1.82, 2.24) is 9.97 Å². The first-order valence-electron chi connectivity index (χ1n) is 9.65. The molecule has 2 aromatic carbocycles. The summed E-state index contributed by atoms with van der Waals surface area (Å²) in [5.41, 5.74) is 4.70. The van der Waals surface area contributed by atoms with Crippen LogP contribution in [0.2, 0.25) is 0 Å². The van der Waals surface area contributed by atoms with Crippen LogP contribution in [0.25, 0.3) is 0 Å². The molecule has 1 amide bonds. The van der Waals surface area contributed by atoms with Crippen molar-refractivity contribution in [3.05, 3.63) is 77.6 Å². The van der Waals surface area contributed by atoms with E-state index in [2.05, 4.69) is 48.2 Å². The molecular weight excluding hydrogens is 348 g/mol. The van der Waals surface area contributed by atoms with Gasteiger partial charge in [-0.05, 0) is 48.6 Å². The second-order valence-electron chi connectivity index (χ2n) is 7.49. The number of nitrogens with one attached hydrogen (secondary N) is 1. The molecule has 0 fully saturated rings. The lowest BCUT2D eigenvalue weighted by molar-refractivity contribution is 0.0976. The van der Waals surface area contributed by atoms with Gasteiger partial charge in [-0.2, -0.15) is 0 Å². The van der Waals surface area contributed by atoms with Gasteiger partial charge in [0.25, 0.3) is 5.91 Å². The van der Waals surface area contributed by atoms with E-state index in [0.29, 0.717) is 17.6 Å². The van der Waals surface area contributed by atoms with E-state index in [1.54, 1.807) is 12.3 Å². The van der Waals surface area contributed by atoms with E-state index in [9.17, 15) is 4.79 Å². The highest BCUT2D eigenvalue weighted by Gasteiger charge is 2.32. The van der Waals surface area contributed by atoms with Gasteiger partial charge in [0.05, 0.1) is 0 Å². The highest BCUT2D eigenvalue weighted by atomic mass is 16.2. The Bertz CT molecular complexity index is 1010. The topological polar surface area (TPSA) is 58.1 Å². The minimum absolute atomic E-state index is 0.0972. The Morgan fingerprint density at radius 3 is 2.68 bits per heavy atom. The van der Waals surface area contributed by atoms with Gasteiger partial charge in [0, 0.05) is 23.6 Å². The Morgan fingerprint density at radius 1 is 1.11 bits per heavy atom. The lowest BCUT2D eigenvalue weighted by Crippen LogP contribution is -2.36. The van der Waals surface area contributed by atoms with Gasteiger partial charge in [-0.25, -0.2) is 9.97 Å². The van der Waals surface area contributed by atoms with Gasteiger partial charge in [0.2, 0.25) is 5.95 Å². The Kier molecular flexibility index (Phi) is 4.82. The standard InChI is InChI=1S/C23H24N4O/c1-15(2)18-9-5-6-10-19(18)25-23-24-13-12-20(26-23)22(28)27-16(3)14-17-8-4-7-11-21(17)27/h4-13,15-16H,14H2,1-3H3,(H,24,25,26). The number of anilines is 3. The molecule has 1 unspecified atom stereocenters. The van der Waals surface area contributed by atoms with Crippen LogP contribution in [0.5, 0.6) is 0 Å². The van der Waals surface area contributed by atoms with Crippen molar-refractivity contribution in [3.8, 4) is 0 Å². The monoisotopic (exact) mass is 372 g/mol. The molecule has 0 radical (unpaired) electrons. The number of amides is 1. The molecule has 5 nitrogen and oxygen atoms in total. The highest BCUT2D eigenvalue weighted by molar-refractivity contribution is 6.06. The molecule has 1 aliphatic heterocycles. The summed E-state index contributed by atoms with van der Waals surface area (Å²) in [5, 5.41) is 3.28. The summed E-state index contributed by atoms with van der Waals surface area (Å²) in [6.07, 6.45) is 2.49. The number of carbonyl (C=O) groups excluding carboxylic acids is 1. The lowest BCUT2D eigenvalue weighted by atomic mass is 10.0. The molecule has 1 atom stereocenters. The van der Waals surface area contributed by atoms with Crippen LogP contribution in [0, 0.1) is 0 Å². The summed E-state index contributed by atoms with van der Waals surface area (Å²) < 4.78 is 0. The van der Waals surface area contributed by atoms with Crippen molar-refractivity contribution in [3.63, 3.8) is 0 Å². The lowest BCUT2D eigenvalue weighted by Gasteiger charge is -2.22. The first kappa shape index (κ1) is 18.2. The maximum Gasteiger partial charge on any atom is 0.277 e. The molecular formula is C23H24N4O. The zero-order chi connectivity index (χ0) is 19.7. The molecule has 5 heteroatoms. The Morgan fingerprint density at radius 2 is 1.86 bits per heavy atom. The summed E-state index contributed by atoms with van der Waals surface area (Å²) in [4.78, 5) is 23.9. The summed E-state index contributed by atoms with van der Waals surface area (Å²) in [5.74, 6) is 0.703. The number of benzene rings is 2. The van der Waals surface area contributed by atoms with E-state index in [1.165, 1.54) is 11.1 Å². The molecule has 142 valence electrons. The van der Waals surface area contributed by atoms with Gasteiger partial charge in [-0.15, -0.1) is 0 Å². The van der Waals surface area contributed by atoms with Crippen molar-refractivity contribution < 1.29 is 4.79 Å². The molecule has 0 spiro atoms. The van der Waals surface area contributed by atoms with Crippen LogP contribution in [0.3, 0.4) is 0 Å². The van der Waals surface area contributed by atoms with Crippen LogP contribution >= 0.6 is 0 Å². The Labute approximate surface area is 165 Å². The van der Waals surface area contributed by atoms with Crippen LogP contribution in [0.1, 0.15) is 48.3 Å². The third kappa shape index (κ3) is 3.36. The first-order valence-corrected chi connectivity index (χ1v) is 9.65. The van der Waals surface area contributed by atoms with Crippen molar-refractivity contribution in [2.24, 2.45) is 0 Å². The number of hydrogen-bond donors (Lipinski definition) is 1. The predicted molar refractivity (Wildman–Crippen MR) is 112 cm³/mol. The molecule has 28 heavy (non-hydrogen) atoms. The highest BCUT2D eigenvalue weighted by Crippen LogP contribution is 2.33. The third-order valence-electron chi connectivity index (χ3n) is 5.13. The zero-order valence-corrected chi connectivity index (χ0v) is 16.4. The number of rotatable bonds is 4. The molecule has 1 N–H and O–H groups in total. The SMILES string of the molecule is CC(C)c1ccccc1Nc1nccc(C(=O)N2c3ccccc3CC2C)n1. The fourth-order valence-corrected chi connectivity index (χ4v) is 3.77. The molecule has 0 saturated carbocycles. The van der Waals surface area contributed by atoms with Gasteiger partial charge in [0.15, 0.2) is 0 Å². The number of hydrogen-bond acceptors (Lipinski definition) is 4. The van der Waals surface area contributed by atoms with Gasteiger partial charge in [-0.3, -0.25) is 4.79 Å². The fraction of sp³-hybridized carbons (Fsp3) is 0.261. The Hall–Kier alpha value is -3.21. The summed E-state index contributed by atoms with van der Waals surface area (Å²) >= 11 is 0. The van der Waals surface area contributed by atoms with E-state index in [-0.39, 0.29) is 11.9 Å². The smallest absolute Gasteiger partial charge is 0.277 e. The van der Waals surface area contributed by atoms with Crippen molar-refractivity contribution in [2.75, 3.05) is 10.2 Å². The van der Waals surface area contributed by atoms with Crippen molar-refractivity contribution in [1.29, 1.82) is 0 Å². The molecule has 1 aromatic heterocycles. The van der Waals surface area contributed by atoms with Crippen LogP contribution < -0.4 is 10.2 Å². The number of carbonyl (C=O) groups is 1. The first-order chi connectivity index (χ1) is 13.5. The third-order valence-corrected chi connectivity index (χ3v) is 5.13. The van der Waals surface area contributed by atoms with E-state index in [4.69, 9.17) is 0 Å². The number of para-hydroxylation sites is 2. The van der Waals surface area contributed by atoms with Crippen LogP contribution in [-0.2, 0) is 6.42 Å². The van der Waals surface area contributed by atoms with Crippen molar-refractivity contribution in [2.45, 2.75) is 39.2 Å². The van der Waals surface area contributed by atoms with E-state index < -0.39 is 0 Å². The van der Waals surface area contributed by atoms with Gasteiger partial charge in [-0.1, -0.05) is 50.2 Å². The molecule has 1 aliphatic rings. The molecule has 3 aromatic rings. The quantitative estimate of drug-likeness (QED) is 0.705. The number of fused-ring (bicyclic) bond motifs is 1. The van der Waals surface area contributed by atoms with E-state index >= 15 is 0 Å². The van der Waals surface area contributed by atoms with Crippen LogP contribution in [0.4, 0.5) is 17.3 Å². The molecule has 4 rings (SSSR count). The molecule has 0 saturated heterocycles. The van der Waals surface area contributed by atoms with Crippen molar-refractivity contribution >= 4 is 23.2 Å². The molecule has 0 bridgehead atoms. The van der Waals surface area contributed by atoms with Crippen LogP contribution in [-0.4, -0.2) is 21.9 Å². The summed E-state index contributed by atoms with van der Waals surface area (Å²) in [6.45, 7) is 6.36. The summed E-state index contributed by atoms with van der Waals surface area (Å²) in [6, 6.07) is 17.9. The van der Waals surface area contributed by atoms with Crippen LogP contribution in [0.15, 0.2) is 60.8 Å². The number of nitrogens with zero attached hydrogens (tertiary/aromatic N) is 3. The largest absolute Gasteiger partial charge is 0.324 e. The average molecular weight is 372 g/mol. The van der Waals surface area contributed by atoms with E-state index in [1.807, 2.05) is 41.3 Å². The van der Waals surface area contributed by atoms with Gasteiger partial charge >= 0.3 is 0 Å².